The summed E-state index contributed by atoms with van der Waals surface area (Å²) in [4.78, 5) is 0.275. The van der Waals surface area contributed by atoms with Crippen LogP contribution in [0, 0.1) is 0 Å². The fraction of sp³-hybridized carbons (Fsp3) is 0.200. The minimum atomic E-state index is -3.18. The molecule has 1 atom stereocenters. The molecule has 0 amide bonds. The molecule has 0 radical (unpaired) electrons. The molecule has 106 valence electrons. The van der Waals surface area contributed by atoms with Crippen LogP contribution in [0.3, 0.4) is 0 Å². The van der Waals surface area contributed by atoms with Crippen LogP contribution in [0.4, 0.5) is 0 Å². The van der Waals surface area contributed by atoms with Crippen LogP contribution < -0.4 is 10.5 Å². The smallest absolute Gasteiger partial charge is 0.175 e. The van der Waals surface area contributed by atoms with Gasteiger partial charge in [-0.3, -0.25) is 0 Å². The van der Waals surface area contributed by atoms with E-state index >= 15 is 0 Å². The minimum Gasteiger partial charge on any atom is -0.457 e. The maximum Gasteiger partial charge on any atom is 0.175 e. The van der Waals surface area contributed by atoms with Gasteiger partial charge in [-0.2, -0.15) is 0 Å². The molecule has 0 aliphatic carbocycles. The molecule has 5 heteroatoms. The Hall–Kier alpha value is -1.85. The van der Waals surface area contributed by atoms with Crippen LogP contribution in [0.25, 0.3) is 0 Å². The van der Waals surface area contributed by atoms with Crippen molar-refractivity contribution in [1.82, 2.24) is 0 Å². The summed E-state index contributed by atoms with van der Waals surface area (Å²) in [5.41, 5.74) is 6.81. The van der Waals surface area contributed by atoms with Crippen LogP contribution in [-0.4, -0.2) is 14.7 Å². The molecule has 2 N–H and O–H groups in total. The van der Waals surface area contributed by atoms with E-state index in [0.717, 1.165) is 5.56 Å². The van der Waals surface area contributed by atoms with E-state index in [4.69, 9.17) is 10.5 Å². The molecule has 0 saturated carbocycles. The number of rotatable bonds is 4. The van der Waals surface area contributed by atoms with E-state index in [1.54, 1.807) is 12.1 Å². The quantitative estimate of drug-likeness (QED) is 0.940. The monoisotopic (exact) mass is 291 g/mol. The Labute approximate surface area is 119 Å². The first kappa shape index (κ1) is 14.6. The summed E-state index contributed by atoms with van der Waals surface area (Å²) in [5, 5.41) is 0. The second kappa shape index (κ2) is 5.64. The van der Waals surface area contributed by atoms with Crippen LogP contribution >= 0.6 is 0 Å². The zero-order valence-electron chi connectivity index (χ0n) is 11.4. The molecule has 4 nitrogen and oxygen atoms in total. The molecule has 0 aliphatic heterocycles. The lowest BCUT2D eigenvalue weighted by atomic mass is 10.1. The summed E-state index contributed by atoms with van der Waals surface area (Å²) in [6.07, 6.45) is 1.18. The first-order valence-electron chi connectivity index (χ1n) is 6.20. The summed E-state index contributed by atoms with van der Waals surface area (Å²) < 4.78 is 28.3. The molecule has 0 spiro atoms. The summed E-state index contributed by atoms with van der Waals surface area (Å²) in [7, 11) is -3.18. The van der Waals surface area contributed by atoms with Crippen LogP contribution in [0.5, 0.6) is 11.5 Å². The van der Waals surface area contributed by atoms with Gasteiger partial charge in [0.15, 0.2) is 9.84 Å². The minimum absolute atomic E-state index is 0.0157. The highest BCUT2D eigenvalue weighted by Gasteiger charge is 2.07. The third-order valence-corrected chi connectivity index (χ3v) is 4.02. The Morgan fingerprint density at radius 3 is 1.80 bits per heavy atom. The highest BCUT2D eigenvalue weighted by molar-refractivity contribution is 7.90. The van der Waals surface area contributed by atoms with Crippen molar-refractivity contribution in [1.29, 1.82) is 0 Å². The zero-order chi connectivity index (χ0) is 14.8. The maximum absolute atomic E-state index is 11.4. The van der Waals surface area contributed by atoms with Crippen molar-refractivity contribution in [3.8, 4) is 11.5 Å². The summed E-state index contributed by atoms with van der Waals surface area (Å²) in [5.74, 6) is 1.27. The molecule has 20 heavy (non-hydrogen) atoms. The Bertz CT molecular complexity index is 674. The molecule has 2 aromatic carbocycles. The van der Waals surface area contributed by atoms with E-state index in [1.807, 2.05) is 31.2 Å². The lowest BCUT2D eigenvalue weighted by molar-refractivity contribution is 0.482. The van der Waals surface area contributed by atoms with Crippen LogP contribution in [0.2, 0.25) is 0 Å². The molecule has 0 fully saturated rings. The van der Waals surface area contributed by atoms with Crippen molar-refractivity contribution in [2.45, 2.75) is 17.9 Å². The second-order valence-corrected chi connectivity index (χ2v) is 6.72. The lowest BCUT2D eigenvalue weighted by Gasteiger charge is -2.09. The van der Waals surface area contributed by atoms with Gasteiger partial charge < -0.3 is 10.5 Å². The molecular weight excluding hydrogens is 274 g/mol. The number of sulfone groups is 1. The van der Waals surface area contributed by atoms with Gasteiger partial charge in [-0.05, 0) is 48.9 Å². The van der Waals surface area contributed by atoms with Gasteiger partial charge in [0.25, 0.3) is 0 Å². The van der Waals surface area contributed by atoms with Crippen molar-refractivity contribution < 1.29 is 13.2 Å². The van der Waals surface area contributed by atoms with E-state index in [-0.39, 0.29) is 10.9 Å². The number of nitrogens with two attached hydrogens (primary N) is 1. The first-order chi connectivity index (χ1) is 9.36. The molecular formula is C15H17NO3S. The first-order valence-corrected chi connectivity index (χ1v) is 8.09. The lowest BCUT2D eigenvalue weighted by Crippen LogP contribution is -2.04. The molecule has 2 rings (SSSR count). The number of hydrogen-bond donors (Lipinski definition) is 1. The summed E-state index contributed by atoms with van der Waals surface area (Å²) in [6.45, 7) is 1.92. The Morgan fingerprint density at radius 1 is 0.950 bits per heavy atom. The normalized spacial score (nSPS) is 12.9. The van der Waals surface area contributed by atoms with Crippen molar-refractivity contribution in [3.05, 3.63) is 54.1 Å². The Kier molecular flexibility index (Phi) is 4.11. The van der Waals surface area contributed by atoms with E-state index < -0.39 is 9.84 Å². The molecule has 2 aromatic rings. The van der Waals surface area contributed by atoms with E-state index in [1.165, 1.54) is 18.4 Å². The highest BCUT2D eigenvalue weighted by Crippen LogP contribution is 2.24. The van der Waals surface area contributed by atoms with Gasteiger partial charge in [0.1, 0.15) is 11.5 Å². The van der Waals surface area contributed by atoms with Crippen molar-refractivity contribution in [3.63, 3.8) is 0 Å². The third-order valence-electron chi connectivity index (χ3n) is 2.89. The molecule has 0 aliphatic rings. The van der Waals surface area contributed by atoms with Gasteiger partial charge in [0.05, 0.1) is 4.90 Å². The Balaban J connectivity index is 2.14. The van der Waals surface area contributed by atoms with Gasteiger partial charge in [-0.15, -0.1) is 0 Å². The molecule has 0 heterocycles. The third kappa shape index (κ3) is 3.59. The number of benzene rings is 2. The second-order valence-electron chi connectivity index (χ2n) is 4.70. The molecule has 1 unspecified atom stereocenters. The summed E-state index contributed by atoms with van der Waals surface area (Å²) >= 11 is 0. The molecule has 0 aromatic heterocycles. The average molecular weight is 291 g/mol. The van der Waals surface area contributed by atoms with Crippen molar-refractivity contribution in [2.75, 3.05) is 6.26 Å². The van der Waals surface area contributed by atoms with Crippen molar-refractivity contribution in [2.24, 2.45) is 5.73 Å². The molecule has 0 saturated heterocycles. The predicted octanol–water partition coefficient (Wildman–Crippen LogP) is 2.90. The largest absolute Gasteiger partial charge is 0.457 e. The predicted molar refractivity (Wildman–Crippen MR) is 78.7 cm³/mol. The molecule has 0 bridgehead atoms. The van der Waals surface area contributed by atoms with Gasteiger partial charge in [-0.1, -0.05) is 12.1 Å². The van der Waals surface area contributed by atoms with E-state index in [0.29, 0.717) is 11.5 Å². The van der Waals surface area contributed by atoms with Crippen LogP contribution in [-0.2, 0) is 9.84 Å². The van der Waals surface area contributed by atoms with Crippen molar-refractivity contribution >= 4 is 9.84 Å². The van der Waals surface area contributed by atoms with Crippen LogP contribution in [0.15, 0.2) is 53.4 Å². The van der Waals surface area contributed by atoms with Gasteiger partial charge in [0.2, 0.25) is 0 Å². The van der Waals surface area contributed by atoms with Gasteiger partial charge in [0, 0.05) is 12.3 Å². The van der Waals surface area contributed by atoms with Gasteiger partial charge in [-0.25, -0.2) is 8.42 Å². The summed E-state index contributed by atoms with van der Waals surface area (Å²) in [6, 6.07) is 13.8. The highest BCUT2D eigenvalue weighted by atomic mass is 32.2. The number of ether oxygens (including phenoxy) is 1. The maximum atomic E-state index is 11.4. The number of hydrogen-bond acceptors (Lipinski definition) is 4. The zero-order valence-corrected chi connectivity index (χ0v) is 12.2. The fourth-order valence-corrected chi connectivity index (χ4v) is 2.36. The topological polar surface area (TPSA) is 69.4 Å². The van der Waals surface area contributed by atoms with E-state index in [9.17, 15) is 8.42 Å². The Morgan fingerprint density at radius 2 is 1.40 bits per heavy atom. The van der Waals surface area contributed by atoms with Crippen LogP contribution in [0.1, 0.15) is 18.5 Å². The van der Waals surface area contributed by atoms with Gasteiger partial charge >= 0.3 is 0 Å². The standard InChI is InChI=1S/C15H17NO3S/c1-11(16)12-3-5-13(6-4-12)19-14-7-9-15(10-8-14)20(2,17)18/h3-11H,16H2,1-2H3. The SMILES string of the molecule is CC(N)c1ccc(Oc2ccc(S(C)(=O)=O)cc2)cc1. The average Bonchev–Trinajstić information content (AvgIpc) is 2.39. The van der Waals surface area contributed by atoms with E-state index in [2.05, 4.69) is 0 Å². The fourth-order valence-electron chi connectivity index (χ4n) is 1.73.